The van der Waals surface area contributed by atoms with E-state index in [2.05, 4.69) is 25.5 Å². The minimum atomic E-state index is -3.27. The van der Waals surface area contributed by atoms with Gasteiger partial charge in [0.15, 0.2) is 9.84 Å². The van der Waals surface area contributed by atoms with Crippen molar-refractivity contribution in [3.63, 3.8) is 0 Å². The normalized spacial score (nSPS) is 15.1. The van der Waals surface area contributed by atoms with Gasteiger partial charge in [0.2, 0.25) is 0 Å². The summed E-state index contributed by atoms with van der Waals surface area (Å²) in [6, 6.07) is 15.3. The first-order valence-electron chi connectivity index (χ1n) is 11.4. The lowest BCUT2D eigenvalue weighted by Gasteiger charge is -2.15. The van der Waals surface area contributed by atoms with Crippen LogP contribution in [0.4, 0.5) is 0 Å². The molecule has 2 aromatic carbocycles. The second-order valence-corrected chi connectivity index (χ2v) is 11.3. The maximum Gasteiger partial charge on any atom is 0.252 e. The van der Waals surface area contributed by atoms with Crippen molar-refractivity contribution in [1.82, 2.24) is 34.7 Å². The van der Waals surface area contributed by atoms with Gasteiger partial charge in [-0.3, -0.25) is 4.79 Å². The molecule has 4 heterocycles. The van der Waals surface area contributed by atoms with Gasteiger partial charge in [-0.25, -0.2) is 13.4 Å². The molecule has 1 aliphatic heterocycles. The molecule has 0 unspecified atom stereocenters. The average molecular weight is 534 g/mol. The number of aromatic nitrogens is 7. The van der Waals surface area contributed by atoms with E-state index in [9.17, 15) is 13.2 Å². The fourth-order valence-electron chi connectivity index (χ4n) is 4.75. The molecule has 0 fully saturated rings. The van der Waals surface area contributed by atoms with Crippen molar-refractivity contribution in [2.24, 2.45) is 0 Å². The van der Waals surface area contributed by atoms with Crippen LogP contribution in [0.3, 0.4) is 0 Å². The van der Waals surface area contributed by atoms with Crippen LogP contribution in [-0.4, -0.2) is 49.4 Å². The molecule has 1 aliphatic rings. The van der Waals surface area contributed by atoms with Gasteiger partial charge in [0, 0.05) is 28.6 Å². The van der Waals surface area contributed by atoms with Gasteiger partial charge in [-0.15, -0.1) is 5.10 Å². The minimum Gasteiger partial charge on any atom is -0.340 e. The molecule has 0 saturated heterocycles. The number of pyridine rings is 1. The third kappa shape index (κ3) is 4.25. The number of halogens is 1. The Morgan fingerprint density at radius 1 is 1.05 bits per heavy atom. The van der Waals surface area contributed by atoms with Crippen molar-refractivity contribution < 1.29 is 8.42 Å². The standard InChI is InChI=1S/C25H20ClN7O3S/c1-37(35,36)19-6-2-15(3-7-19)21-13-27-25(29-21)23-9-5-18-10-16(11-24(34)33(18)23)20-12-17(26)4-8-22(20)32-14-28-30-31-32/h2-4,6-8,10-14,23H,5,9H2,1H3,(H,27,29)/t23-/m0/s1. The van der Waals surface area contributed by atoms with E-state index in [4.69, 9.17) is 11.6 Å². The predicted octanol–water partition coefficient (Wildman–Crippen LogP) is 3.47. The number of aromatic amines is 1. The molecule has 0 bridgehead atoms. The Morgan fingerprint density at radius 3 is 2.59 bits per heavy atom. The quantitative estimate of drug-likeness (QED) is 0.366. The minimum absolute atomic E-state index is 0.145. The topological polar surface area (TPSA) is 128 Å². The number of nitrogens with one attached hydrogen (secondary N) is 1. The van der Waals surface area contributed by atoms with Crippen LogP contribution in [0.25, 0.3) is 28.1 Å². The van der Waals surface area contributed by atoms with Crippen molar-refractivity contribution in [1.29, 1.82) is 0 Å². The Kier molecular flexibility index (Phi) is 5.54. The van der Waals surface area contributed by atoms with Crippen molar-refractivity contribution in [2.45, 2.75) is 23.8 Å². The molecule has 0 radical (unpaired) electrons. The van der Waals surface area contributed by atoms with E-state index < -0.39 is 9.84 Å². The predicted molar refractivity (Wildman–Crippen MR) is 137 cm³/mol. The summed E-state index contributed by atoms with van der Waals surface area (Å²) in [5.41, 5.74) is 4.50. The average Bonchev–Trinajstić information content (AvgIpc) is 3.64. The summed E-state index contributed by atoms with van der Waals surface area (Å²) in [6.45, 7) is 0. The van der Waals surface area contributed by atoms with Gasteiger partial charge in [-0.1, -0.05) is 23.7 Å². The molecule has 1 N–H and O–H groups in total. The molecule has 0 saturated carbocycles. The van der Waals surface area contributed by atoms with Crippen LogP contribution in [0.15, 0.2) is 76.8 Å². The second-order valence-electron chi connectivity index (χ2n) is 8.89. The summed E-state index contributed by atoms with van der Waals surface area (Å²) in [7, 11) is -3.27. The Balaban J connectivity index is 1.35. The number of hydrogen-bond acceptors (Lipinski definition) is 7. The summed E-state index contributed by atoms with van der Waals surface area (Å²) >= 11 is 6.29. The van der Waals surface area contributed by atoms with E-state index in [0.29, 0.717) is 29.4 Å². The van der Waals surface area contributed by atoms with Gasteiger partial charge >= 0.3 is 0 Å². The van der Waals surface area contributed by atoms with E-state index >= 15 is 0 Å². The van der Waals surface area contributed by atoms with E-state index in [-0.39, 0.29) is 16.5 Å². The highest BCUT2D eigenvalue weighted by atomic mass is 35.5. The Bertz CT molecular complexity index is 1790. The van der Waals surface area contributed by atoms with Gasteiger partial charge in [0.1, 0.15) is 12.2 Å². The SMILES string of the molecule is CS(=O)(=O)c1ccc(-c2cnc([C@@H]3CCc4cc(-c5cc(Cl)ccc5-n5cnnn5)cc(=O)n43)[nH]2)cc1. The third-order valence-electron chi connectivity index (χ3n) is 6.50. The first kappa shape index (κ1) is 23.3. The molecule has 6 rings (SSSR count). The maximum absolute atomic E-state index is 13.4. The number of nitrogens with zero attached hydrogens (tertiary/aromatic N) is 6. The number of sulfone groups is 1. The van der Waals surface area contributed by atoms with Crippen LogP contribution in [0.5, 0.6) is 0 Å². The molecule has 3 aromatic heterocycles. The number of benzene rings is 2. The number of rotatable bonds is 5. The lowest BCUT2D eigenvalue weighted by atomic mass is 10.0. The molecule has 12 heteroatoms. The number of fused-ring (bicyclic) bond motifs is 1. The number of hydrogen-bond donors (Lipinski definition) is 1. The third-order valence-corrected chi connectivity index (χ3v) is 7.87. The lowest BCUT2D eigenvalue weighted by Crippen LogP contribution is -2.23. The highest BCUT2D eigenvalue weighted by molar-refractivity contribution is 7.90. The van der Waals surface area contributed by atoms with Crippen LogP contribution < -0.4 is 5.56 Å². The van der Waals surface area contributed by atoms with Crippen molar-refractivity contribution in [2.75, 3.05) is 6.26 Å². The van der Waals surface area contributed by atoms with Crippen LogP contribution in [0.2, 0.25) is 5.02 Å². The van der Waals surface area contributed by atoms with Gasteiger partial charge in [0.05, 0.1) is 28.5 Å². The summed E-state index contributed by atoms with van der Waals surface area (Å²) in [5, 5.41) is 11.9. The van der Waals surface area contributed by atoms with Gasteiger partial charge in [-0.05, 0) is 70.8 Å². The maximum atomic E-state index is 13.4. The van der Waals surface area contributed by atoms with E-state index in [1.165, 1.54) is 17.3 Å². The zero-order valence-corrected chi connectivity index (χ0v) is 21.1. The van der Waals surface area contributed by atoms with E-state index in [0.717, 1.165) is 28.1 Å². The zero-order chi connectivity index (χ0) is 25.7. The van der Waals surface area contributed by atoms with Crippen molar-refractivity contribution >= 4 is 21.4 Å². The van der Waals surface area contributed by atoms with Crippen LogP contribution in [0, 0.1) is 0 Å². The molecule has 37 heavy (non-hydrogen) atoms. The van der Waals surface area contributed by atoms with Gasteiger partial charge in [0.25, 0.3) is 5.56 Å². The molecule has 0 spiro atoms. The number of aryl methyl sites for hydroxylation is 1. The summed E-state index contributed by atoms with van der Waals surface area (Å²) in [4.78, 5) is 21.5. The number of tetrazole rings is 1. The summed E-state index contributed by atoms with van der Waals surface area (Å²) in [5.74, 6) is 0.674. The molecule has 186 valence electrons. The first-order valence-corrected chi connectivity index (χ1v) is 13.7. The molecular weight excluding hydrogens is 514 g/mol. The molecule has 0 amide bonds. The molecular formula is C25H20ClN7O3S. The van der Waals surface area contributed by atoms with Crippen LogP contribution >= 0.6 is 11.6 Å². The van der Waals surface area contributed by atoms with Crippen LogP contribution in [0.1, 0.15) is 24.0 Å². The molecule has 1 atom stereocenters. The van der Waals surface area contributed by atoms with Crippen LogP contribution in [-0.2, 0) is 16.3 Å². The Morgan fingerprint density at radius 2 is 1.86 bits per heavy atom. The number of imidazole rings is 1. The highest BCUT2D eigenvalue weighted by Crippen LogP contribution is 2.34. The monoisotopic (exact) mass is 533 g/mol. The Hall–Kier alpha value is -4.09. The lowest BCUT2D eigenvalue weighted by molar-refractivity contribution is 0.572. The molecule has 5 aromatic rings. The first-order chi connectivity index (χ1) is 17.8. The Labute approximate surface area is 216 Å². The summed E-state index contributed by atoms with van der Waals surface area (Å²) < 4.78 is 26.8. The fourth-order valence-corrected chi connectivity index (χ4v) is 5.56. The van der Waals surface area contributed by atoms with Gasteiger partial charge in [-0.2, -0.15) is 4.68 Å². The highest BCUT2D eigenvalue weighted by Gasteiger charge is 2.28. The van der Waals surface area contributed by atoms with Crippen molar-refractivity contribution in [3.05, 3.63) is 94.0 Å². The fraction of sp³-hybridized carbons (Fsp3) is 0.160. The van der Waals surface area contributed by atoms with Gasteiger partial charge < -0.3 is 9.55 Å². The smallest absolute Gasteiger partial charge is 0.252 e. The molecule has 0 aliphatic carbocycles. The van der Waals surface area contributed by atoms with E-state index in [1.54, 1.807) is 53.2 Å². The van der Waals surface area contributed by atoms with Crippen molar-refractivity contribution in [3.8, 4) is 28.1 Å². The number of H-pyrrole nitrogens is 1. The zero-order valence-electron chi connectivity index (χ0n) is 19.5. The largest absolute Gasteiger partial charge is 0.340 e. The van der Waals surface area contributed by atoms with E-state index in [1.807, 2.05) is 12.1 Å². The molecule has 10 nitrogen and oxygen atoms in total. The second kappa shape index (κ2) is 8.79. The summed E-state index contributed by atoms with van der Waals surface area (Å²) in [6.07, 6.45) is 5.79.